The minimum absolute atomic E-state index is 0.0346. The van der Waals surface area contributed by atoms with Crippen molar-refractivity contribution in [1.29, 1.82) is 0 Å². The van der Waals surface area contributed by atoms with E-state index in [9.17, 15) is 43.2 Å². The summed E-state index contributed by atoms with van der Waals surface area (Å²) in [5.74, 6) is -2.29. The highest BCUT2D eigenvalue weighted by molar-refractivity contribution is 7.47. The maximum Gasteiger partial charge on any atom is 0.472 e. The minimum Gasteiger partial charge on any atom is -0.462 e. The predicted octanol–water partition coefficient (Wildman–Crippen LogP) is 22.6. The van der Waals surface area contributed by atoms with Gasteiger partial charge in [-0.25, -0.2) is 9.13 Å². The Balaban J connectivity index is 5.41. The fourth-order valence-electron chi connectivity index (χ4n) is 10.2. The van der Waals surface area contributed by atoms with E-state index in [1.807, 2.05) is 18.2 Å². The Bertz CT molecular complexity index is 2320. The molecule has 2 unspecified atom stereocenters. The second-order valence-electron chi connectivity index (χ2n) is 25.9. The van der Waals surface area contributed by atoms with Crippen LogP contribution in [-0.2, 0) is 65.4 Å². The molecule has 0 saturated carbocycles. The molecule has 0 rings (SSSR count). The molecule has 576 valence electrons. The summed E-state index contributed by atoms with van der Waals surface area (Å²) in [4.78, 5) is 72.9. The number of carbonyl (C=O) groups excluding carboxylic acids is 4. The van der Waals surface area contributed by atoms with E-state index in [2.05, 4.69) is 119 Å². The van der Waals surface area contributed by atoms with E-state index < -0.39 is 97.5 Å². The minimum atomic E-state index is -4.99. The summed E-state index contributed by atoms with van der Waals surface area (Å²) in [6, 6.07) is 0. The summed E-state index contributed by atoms with van der Waals surface area (Å²) in [6.07, 6.45) is 78.0. The van der Waals surface area contributed by atoms with Gasteiger partial charge >= 0.3 is 39.5 Å². The van der Waals surface area contributed by atoms with Crippen LogP contribution < -0.4 is 0 Å². The average Bonchev–Trinajstić information content (AvgIpc) is 0.946. The van der Waals surface area contributed by atoms with E-state index in [1.165, 1.54) is 77.0 Å². The van der Waals surface area contributed by atoms with Gasteiger partial charge in [0.25, 0.3) is 0 Å². The van der Waals surface area contributed by atoms with Crippen molar-refractivity contribution < 1.29 is 80.2 Å². The van der Waals surface area contributed by atoms with E-state index in [1.54, 1.807) is 0 Å². The van der Waals surface area contributed by atoms with Crippen LogP contribution in [0.5, 0.6) is 0 Å². The summed E-state index contributed by atoms with van der Waals surface area (Å²) in [5.41, 5.74) is 0. The molecule has 0 spiro atoms. The number of unbranched alkanes of at least 4 members (excludes halogenated alkanes) is 29. The molecule has 0 aliphatic rings. The summed E-state index contributed by atoms with van der Waals surface area (Å²) in [5, 5.41) is 10.6. The molecule has 0 aromatic carbocycles. The van der Waals surface area contributed by atoms with Crippen molar-refractivity contribution in [3.63, 3.8) is 0 Å². The number of rotatable bonds is 73. The van der Waals surface area contributed by atoms with Crippen LogP contribution in [0.1, 0.15) is 323 Å². The lowest BCUT2D eigenvalue weighted by Gasteiger charge is -2.21. The zero-order chi connectivity index (χ0) is 73.2. The molecule has 0 aliphatic heterocycles. The Morgan fingerprint density at radius 1 is 0.290 bits per heavy atom. The quantitative estimate of drug-likeness (QED) is 0.0169. The van der Waals surface area contributed by atoms with Gasteiger partial charge in [0, 0.05) is 25.7 Å². The van der Waals surface area contributed by atoms with E-state index in [4.69, 9.17) is 37.0 Å². The molecule has 0 aromatic rings. The third-order valence-electron chi connectivity index (χ3n) is 16.2. The fraction of sp³-hybridized carbons (Fsp3) is 0.728. The molecule has 19 heteroatoms. The number of hydrogen-bond acceptors (Lipinski definition) is 15. The van der Waals surface area contributed by atoms with E-state index >= 15 is 0 Å². The number of esters is 4. The molecule has 17 nitrogen and oxygen atoms in total. The predicted molar refractivity (Wildman–Crippen MR) is 408 cm³/mol. The molecule has 0 fully saturated rings. The topological polar surface area (TPSA) is 237 Å². The van der Waals surface area contributed by atoms with Gasteiger partial charge in [0.1, 0.15) is 19.3 Å². The van der Waals surface area contributed by atoms with E-state index in [0.717, 1.165) is 161 Å². The highest BCUT2D eigenvalue weighted by Gasteiger charge is 2.30. The van der Waals surface area contributed by atoms with Crippen molar-refractivity contribution in [2.24, 2.45) is 0 Å². The van der Waals surface area contributed by atoms with Crippen molar-refractivity contribution in [3.05, 3.63) is 109 Å². The first-order chi connectivity index (χ1) is 48.7. The summed E-state index contributed by atoms with van der Waals surface area (Å²) in [7, 11) is -9.97. The first-order valence-electron chi connectivity index (χ1n) is 39.1. The van der Waals surface area contributed by atoms with Crippen LogP contribution in [0.4, 0.5) is 0 Å². The lowest BCUT2D eigenvalue weighted by atomic mass is 10.1. The third kappa shape index (κ3) is 72.1. The monoisotopic (exact) mass is 1450 g/mol. The van der Waals surface area contributed by atoms with Gasteiger partial charge in [0.15, 0.2) is 12.2 Å². The maximum atomic E-state index is 13.1. The molecule has 0 radical (unpaired) electrons. The average molecular weight is 1450 g/mol. The number of carbonyl (C=O) groups is 4. The molecule has 5 atom stereocenters. The molecule has 100 heavy (non-hydrogen) atoms. The largest absolute Gasteiger partial charge is 0.472 e. The van der Waals surface area contributed by atoms with Crippen LogP contribution in [0.3, 0.4) is 0 Å². The molecule has 0 bridgehead atoms. The van der Waals surface area contributed by atoms with E-state index in [0.29, 0.717) is 32.1 Å². The number of hydrogen-bond donors (Lipinski definition) is 3. The number of aliphatic hydroxyl groups excluding tert-OH is 1. The highest BCUT2D eigenvalue weighted by atomic mass is 31.2. The molecular weight excluding hydrogens is 1310 g/mol. The van der Waals surface area contributed by atoms with Crippen LogP contribution >= 0.6 is 15.6 Å². The molecule has 0 saturated heterocycles. The Hall–Kier alpha value is -4.28. The second-order valence-corrected chi connectivity index (χ2v) is 28.8. The first kappa shape index (κ1) is 95.7. The Morgan fingerprint density at radius 2 is 0.540 bits per heavy atom. The van der Waals surface area contributed by atoms with Crippen LogP contribution in [-0.4, -0.2) is 96.7 Å². The smallest absolute Gasteiger partial charge is 0.462 e. The molecule has 0 aliphatic carbocycles. The van der Waals surface area contributed by atoms with Gasteiger partial charge in [-0.05, 0) is 141 Å². The Kier molecular flexibility index (Phi) is 69.9. The second kappa shape index (κ2) is 73.0. The van der Waals surface area contributed by atoms with Crippen LogP contribution in [0.2, 0.25) is 0 Å². The molecular formula is C81H140O17P2. The lowest BCUT2D eigenvalue weighted by molar-refractivity contribution is -0.161. The zero-order valence-corrected chi connectivity index (χ0v) is 64.6. The standard InChI is InChI=1S/C81H140O17P2/c1-5-9-13-17-21-25-29-33-35-36-37-38-40-43-46-50-54-58-62-66-79(84)92-72-77(98-81(86)68-64-60-56-52-48-44-39-34-30-26-22-18-14-10-6-2)74-96-100(89,90)94-70-75(82)69-93-99(87,88)95-73-76(97-80(85)67-63-59-55-51-47-42-32-28-24-20-16-12-8-4)71-91-78(83)65-61-57-53-49-45-41-31-27-23-19-15-11-7-3/h9,13,21,25-28,30-33,35,37-38,43,46,54,58,75-77,82H,5-8,10-12,14-20,22-24,29,34,36,39-42,44-45,47-53,55-57,59-74H2,1-4H3,(H,87,88)(H,89,90)/b13-9-,25-21-,30-26-,31-27-,32-28-,35-33-,38-37-,46-43-,58-54-/t75-,76+,77+/m0/s1. The van der Waals surface area contributed by atoms with E-state index in [-0.39, 0.29) is 25.7 Å². The first-order valence-corrected chi connectivity index (χ1v) is 42.1. The zero-order valence-electron chi connectivity index (χ0n) is 62.8. The van der Waals surface area contributed by atoms with Crippen molar-refractivity contribution in [2.45, 2.75) is 341 Å². The number of phosphoric ester groups is 2. The van der Waals surface area contributed by atoms with Crippen molar-refractivity contribution in [3.8, 4) is 0 Å². The van der Waals surface area contributed by atoms with Crippen molar-refractivity contribution >= 4 is 39.5 Å². The van der Waals surface area contributed by atoms with Gasteiger partial charge in [-0.3, -0.25) is 37.3 Å². The Labute approximate surface area is 607 Å². The van der Waals surface area contributed by atoms with Gasteiger partial charge in [-0.2, -0.15) is 0 Å². The van der Waals surface area contributed by atoms with Gasteiger partial charge in [0.2, 0.25) is 0 Å². The molecule has 0 amide bonds. The van der Waals surface area contributed by atoms with Crippen molar-refractivity contribution in [2.75, 3.05) is 39.6 Å². The van der Waals surface area contributed by atoms with Crippen LogP contribution in [0, 0.1) is 0 Å². The third-order valence-corrected chi connectivity index (χ3v) is 18.1. The summed E-state index contributed by atoms with van der Waals surface area (Å²) in [6.45, 7) is 4.63. The number of allylic oxidation sites excluding steroid dienone is 18. The molecule has 0 aromatic heterocycles. The summed E-state index contributed by atoms with van der Waals surface area (Å²) >= 11 is 0. The maximum absolute atomic E-state index is 13.1. The number of aliphatic hydroxyl groups is 1. The number of ether oxygens (including phenoxy) is 4. The SMILES string of the molecule is CC/C=C\C/C=C\C/C=C\C/C=C\C/C=C\C/C=C\CCC(=O)OC[C@H](COP(=O)(O)OC[C@@H](O)COP(=O)(O)OC[C@@H](COC(=O)CCCCCCC/C=C\CCCCCC)OC(=O)CCCCCCC/C=C\CCCCCC)OC(=O)CCCCCCCCC/C=C\CCCCCC. The van der Waals surface area contributed by atoms with Crippen LogP contribution in [0.15, 0.2) is 109 Å². The van der Waals surface area contributed by atoms with Gasteiger partial charge < -0.3 is 33.8 Å². The summed E-state index contributed by atoms with van der Waals surface area (Å²) < 4.78 is 68.4. The fourth-order valence-corrected chi connectivity index (χ4v) is 11.8. The van der Waals surface area contributed by atoms with Crippen molar-refractivity contribution in [1.82, 2.24) is 0 Å². The van der Waals surface area contributed by atoms with Crippen LogP contribution in [0.25, 0.3) is 0 Å². The van der Waals surface area contributed by atoms with Gasteiger partial charge in [0.05, 0.1) is 26.4 Å². The normalized spacial score (nSPS) is 14.5. The molecule has 3 N–H and O–H groups in total. The Morgan fingerprint density at radius 3 is 0.860 bits per heavy atom. The lowest BCUT2D eigenvalue weighted by Crippen LogP contribution is -2.30. The molecule has 0 heterocycles. The highest BCUT2D eigenvalue weighted by Crippen LogP contribution is 2.45. The number of phosphoric acid groups is 2. The van der Waals surface area contributed by atoms with Gasteiger partial charge in [-0.15, -0.1) is 0 Å². The van der Waals surface area contributed by atoms with Gasteiger partial charge in [-0.1, -0.05) is 265 Å².